The van der Waals surface area contributed by atoms with Crippen LogP contribution in [0.1, 0.15) is 23.2 Å². The lowest BCUT2D eigenvalue weighted by atomic mass is 10.1. The van der Waals surface area contributed by atoms with Crippen LogP contribution >= 0.6 is 0 Å². The fourth-order valence-corrected chi connectivity index (χ4v) is 2.79. The SMILES string of the molecule is O=C(O)c1ccc(N2CCN(CC3CC3)CC2)c(F)c1F. The van der Waals surface area contributed by atoms with Crippen molar-refractivity contribution in [3.63, 3.8) is 0 Å². The molecular formula is C15H18F2N2O2. The van der Waals surface area contributed by atoms with Gasteiger partial charge < -0.3 is 10.0 Å². The van der Waals surface area contributed by atoms with Gasteiger partial charge in [-0.15, -0.1) is 0 Å². The Labute approximate surface area is 122 Å². The second-order valence-electron chi connectivity index (χ2n) is 5.80. The van der Waals surface area contributed by atoms with E-state index < -0.39 is 23.2 Å². The van der Waals surface area contributed by atoms with Crippen LogP contribution in [0.15, 0.2) is 12.1 Å². The van der Waals surface area contributed by atoms with Gasteiger partial charge >= 0.3 is 5.97 Å². The number of nitrogens with zero attached hydrogens (tertiary/aromatic N) is 2. The molecule has 0 amide bonds. The molecule has 0 atom stereocenters. The number of carbonyl (C=O) groups is 1. The molecule has 114 valence electrons. The molecule has 0 unspecified atom stereocenters. The van der Waals surface area contributed by atoms with Gasteiger partial charge in [0, 0.05) is 32.7 Å². The van der Waals surface area contributed by atoms with Gasteiger partial charge in [0.05, 0.1) is 11.3 Å². The normalized spacial score (nSPS) is 19.8. The van der Waals surface area contributed by atoms with Crippen LogP contribution in [0, 0.1) is 17.6 Å². The molecular weight excluding hydrogens is 278 g/mol. The van der Waals surface area contributed by atoms with Crippen molar-refractivity contribution in [3.05, 3.63) is 29.3 Å². The fourth-order valence-electron chi connectivity index (χ4n) is 2.79. The minimum atomic E-state index is -1.45. The number of piperazine rings is 1. The van der Waals surface area contributed by atoms with Gasteiger partial charge in [0.2, 0.25) is 0 Å². The van der Waals surface area contributed by atoms with E-state index in [9.17, 15) is 13.6 Å². The highest BCUT2D eigenvalue weighted by Gasteiger charge is 2.28. The maximum Gasteiger partial charge on any atom is 0.338 e. The van der Waals surface area contributed by atoms with Crippen molar-refractivity contribution in [1.82, 2.24) is 4.90 Å². The number of aromatic carboxylic acids is 1. The lowest BCUT2D eigenvalue weighted by Crippen LogP contribution is -2.47. The summed E-state index contributed by atoms with van der Waals surface area (Å²) in [5, 5.41) is 8.79. The van der Waals surface area contributed by atoms with Crippen molar-refractivity contribution in [2.24, 2.45) is 5.92 Å². The summed E-state index contributed by atoms with van der Waals surface area (Å²) in [6.07, 6.45) is 2.60. The van der Waals surface area contributed by atoms with Gasteiger partial charge in [-0.1, -0.05) is 0 Å². The van der Waals surface area contributed by atoms with Crippen molar-refractivity contribution in [2.75, 3.05) is 37.6 Å². The Hall–Kier alpha value is -1.69. The van der Waals surface area contributed by atoms with E-state index >= 15 is 0 Å². The second kappa shape index (κ2) is 5.60. The molecule has 2 aliphatic rings. The Kier molecular flexibility index (Phi) is 3.80. The maximum atomic E-state index is 14.0. The maximum absolute atomic E-state index is 14.0. The topological polar surface area (TPSA) is 43.8 Å². The number of carboxylic acids is 1. The molecule has 0 bridgehead atoms. The van der Waals surface area contributed by atoms with Gasteiger partial charge in [-0.05, 0) is 30.9 Å². The van der Waals surface area contributed by atoms with E-state index in [0.29, 0.717) is 13.1 Å². The summed E-state index contributed by atoms with van der Waals surface area (Å²) in [4.78, 5) is 14.9. The van der Waals surface area contributed by atoms with Crippen LogP contribution in [0.5, 0.6) is 0 Å². The zero-order chi connectivity index (χ0) is 15.0. The third kappa shape index (κ3) is 3.00. The fraction of sp³-hybridized carbons (Fsp3) is 0.533. The van der Waals surface area contributed by atoms with Crippen LogP contribution in [0.4, 0.5) is 14.5 Å². The smallest absolute Gasteiger partial charge is 0.338 e. The third-order valence-electron chi connectivity index (χ3n) is 4.22. The molecule has 1 aromatic rings. The first kappa shape index (κ1) is 14.3. The molecule has 1 heterocycles. The number of halogens is 2. The quantitative estimate of drug-likeness (QED) is 0.925. The lowest BCUT2D eigenvalue weighted by molar-refractivity contribution is 0.0690. The third-order valence-corrected chi connectivity index (χ3v) is 4.22. The Morgan fingerprint density at radius 2 is 1.81 bits per heavy atom. The Balaban J connectivity index is 1.70. The monoisotopic (exact) mass is 296 g/mol. The van der Waals surface area contributed by atoms with Crippen LogP contribution in [-0.4, -0.2) is 48.7 Å². The van der Waals surface area contributed by atoms with Crippen molar-refractivity contribution in [2.45, 2.75) is 12.8 Å². The first-order chi connectivity index (χ1) is 10.1. The molecule has 0 spiro atoms. The minimum absolute atomic E-state index is 0.156. The van der Waals surface area contributed by atoms with Crippen molar-refractivity contribution < 1.29 is 18.7 Å². The average molecular weight is 296 g/mol. The van der Waals surface area contributed by atoms with Gasteiger partial charge in [-0.25, -0.2) is 13.6 Å². The van der Waals surface area contributed by atoms with Crippen LogP contribution in [0.2, 0.25) is 0 Å². The summed E-state index contributed by atoms with van der Waals surface area (Å²) in [7, 11) is 0. The van der Waals surface area contributed by atoms with Crippen molar-refractivity contribution in [3.8, 4) is 0 Å². The number of rotatable bonds is 4. The van der Waals surface area contributed by atoms with Gasteiger partial charge in [0.15, 0.2) is 11.6 Å². The highest BCUT2D eigenvalue weighted by molar-refractivity contribution is 5.88. The summed E-state index contributed by atoms with van der Waals surface area (Å²) in [6, 6.07) is 2.49. The largest absolute Gasteiger partial charge is 0.478 e. The molecule has 4 nitrogen and oxygen atoms in total. The number of benzene rings is 1. The first-order valence-corrected chi connectivity index (χ1v) is 7.25. The summed E-state index contributed by atoms with van der Waals surface area (Å²) >= 11 is 0. The highest BCUT2D eigenvalue weighted by Crippen LogP contribution is 2.30. The Morgan fingerprint density at radius 3 is 2.38 bits per heavy atom. The first-order valence-electron chi connectivity index (χ1n) is 7.25. The molecule has 1 aliphatic heterocycles. The Bertz CT molecular complexity index is 553. The van der Waals surface area contributed by atoms with E-state index in [1.807, 2.05) is 0 Å². The standard InChI is InChI=1S/C15H18F2N2O2/c16-13-11(15(20)21)3-4-12(14(13)17)19-7-5-18(6-8-19)9-10-1-2-10/h3-4,10H,1-2,5-9H2,(H,20,21). The number of hydrogen-bond acceptors (Lipinski definition) is 3. The molecule has 1 aliphatic carbocycles. The molecule has 1 saturated carbocycles. The van der Waals surface area contributed by atoms with Crippen LogP contribution in [0.3, 0.4) is 0 Å². The average Bonchev–Trinajstić information content (AvgIpc) is 3.26. The van der Waals surface area contributed by atoms with E-state index in [0.717, 1.165) is 31.6 Å². The number of anilines is 1. The predicted octanol–water partition coefficient (Wildman–Crippen LogP) is 2.20. The number of hydrogen-bond donors (Lipinski definition) is 1. The summed E-state index contributed by atoms with van der Waals surface area (Å²) in [5.74, 6) is -2.97. The highest BCUT2D eigenvalue weighted by atomic mass is 19.2. The van der Waals surface area contributed by atoms with E-state index in [1.165, 1.54) is 18.9 Å². The molecule has 21 heavy (non-hydrogen) atoms. The van der Waals surface area contributed by atoms with E-state index in [1.54, 1.807) is 4.90 Å². The van der Waals surface area contributed by atoms with Gasteiger partial charge in [-0.3, -0.25) is 4.90 Å². The molecule has 1 N–H and O–H groups in total. The molecule has 2 fully saturated rings. The lowest BCUT2D eigenvalue weighted by Gasteiger charge is -2.36. The van der Waals surface area contributed by atoms with Crippen LogP contribution in [-0.2, 0) is 0 Å². The van der Waals surface area contributed by atoms with Crippen LogP contribution < -0.4 is 4.90 Å². The molecule has 1 saturated heterocycles. The van der Waals surface area contributed by atoms with Crippen molar-refractivity contribution in [1.29, 1.82) is 0 Å². The van der Waals surface area contributed by atoms with Gasteiger partial charge in [-0.2, -0.15) is 0 Å². The minimum Gasteiger partial charge on any atom is -0.478 e. The zero-order valence-corrected chi connectivity index (χ0v) is 11.7. The van der Waals surface area contributed by atoms with E-state index in [4.69, 9.17) is 5.11 Å². The molecule has 0 aromatic heterocycles. The summed E-state index contributed by atoms with van der Waals surface area (Å²) in [5.41, 5.74) is -0.466. The van der Waals surface area contributed by atoms with E-state index in [2.05, 4.69) is 4.90 Å². The molecule has 1 aromatic carbocycles. The Morgan fingerprint density at radius 1 is 1.14 bits per heavy atom. The molecule has 0 radical (unpaired) electrons. The molecule has 3 rings (SSSR count). The predicted molar refractivity (Wildman–Crippen MR) is 74.7 cm³/mol. The summed E-state index contributed by atoms with van der Waals surface area (Å²) < 4.78 is 27.8. The van der Waals surface area contributed by atoms with Crippen LogP contribution in [0.25, 0.3) is 0 Å². The van der Waals surface area contributed by atoms with Gasteiger partial charge in [0.1, 0.15) is 0 Å². The summed E-state index contributed by atoms with van der Waals surface area (Å²) in [6.45, 7) is 4.03. The van der Waals surface area contributed by atoms with E-state index in [-0.39, 0.29) is 5.69 Å². The number of carboxylic acid groups (broad SMARTS) is 1. The molecule has 6 heteroatoms. The second-order valence-corrected chi connectivity index (χ2v) is 5.80. The van der Waals surface area contributed by atoms with Crippen molar-refractivity contribution >= 4 is 11.7 Å². The van der Waals surface area contributed by atoms with Gasteiger partial charge in [0.25, 0.3) is 0 Å². The zero-order valence-electron chi connectivity index (χ0n) is 11.7.